The lowest BCUT2D eigenvalue weighted by Gasteiger charge is -2.27. The van der Waals surface area contributed by atoms with Crippen LogP contribution in [0.1, 0.15) is 11.5 Å². The quantitative estimate of drug-likeness (QED) is 0.778. The van der Waals surface area contributed by atoms with Crippen molar-refractivity contribution in [2.75, 3.05) is 13.7 Å². The van der Waals surface area contributed by atoms with Crippen LogP contribution in [0.2, 0.25) is 0 Å². The van der Waals surface area contributed by atoms with E-state index in [1.165, 1.54) is 5.01 Å². The molecule has 1 unspecified atom stereocenters. The Morgan fingerprint density at radius 3 is 2.21 bits per heavy atom. The van der Waals surface area contributed by atoms with Gasteiger partial charge in [0.15, 0.2) is 5.41 Å². The molecule has 0 spiro atoms. The van der Waals surface area contributed by atoms with Crippen molar-refractivity contribution in [1.82, 2.24) is 5.01 Å². The molecule has 114 valence electrons. The first-order valence-corrected chi connectivity index (χ1v) is 7.15. The maximum atomic E-state index is 9.86. The lowest BCUT2D eigenvalue weighted by atomic mass is 9.63. The van der Waals surface area contributed by atoms with Crippen LogP contribution >= 0.6 is 0 Å². The highest BCUT2D eigenvalue weighted by Crippen LogP contribution is 2.57. The summed E-state index contributed by atoms with van der Waals surface area (Å²) in [4.78, 5) is 4.42. The topological polar surface area (TPSA) is 123 Å². The zero-order chi connectivity index (χ0) is 17.4. The Hall–Kier alpha value is -3.68. The molecule has 1 fully saturated rings. The van der Waals surface area contributed by atoms with Gasteiger partial charge in [0, 0.05) is 7.05 Å². The van der Waals surface area contributed by atoms with E-state index in [0.717, 1.165) is 0 Å². The van der Waals surface area contributed by atoms with Gasteiger partial charge in [-0.2, -0.15) is 26.1 Å². The number of hydrogen-bond donors (Lipinski definition) is 0. The van der Waals surface area contributed by atoms with Gasteiger partial charge >= 0.3 is 0 Å². The maximum Gasteiger partial charge on any atom is 0.221 e. The average molecular weight is 313 g/mol. The molecule has 1 aliphatic carbocycles. The van der Waals surface area contributed by atoms with E-state index in [1.807, 2.05) is 30.3 Å². The molecule has 0 amide bonds. The zero-order valence-electron chi connectivity index (χ0n) is 12.8. The Bertz CT molecular complexity index is 887. The molecule has 1 atom stereocenters. The molecule has 1 aliphatic heterocycles. The van der Waals surface area contributed by atoms with Crippen LogP contribution in [0.4, 0.5) is 0 Å². The van der Waals surface area contributed by atoms with Gasteiger partial charge in [0.05, 0.1) is 35.9 Å². The third kappa shape index (κ3) is 1.62. The maximum absolute atomic E-state index is 9.86. The van der Waals surface area contributed by atoms with Crippen molar-refractivity contribution in [2.24, 2.45) is 20.9 Å². The summed E-state index contributed by atoms with van der Waals surface area (Å²) in [5.74, 6) is -0.805. The summed E-state index contributed by atoms with van der Waals surface area (Å²) in [6, 6.07) is 16.6. The highest BCUT2D eigenvalue weighted by Gasteiger charge is 2.71. The fourth-order valence-corrected chi connectivity index (χ4v) is 3.29. The second-order valence-electron chi connectivity index (χ2n) is 5.64. The largest absolute Gasteiger partial charge is 0.278 e. The first kappa shape index (κ1) is 15.2. The molecule has 1 aromatic carbocycles. The number of fused-ring (bicyclic) bond motifs is 1. The molecule has 7 nitrogen and oxygen atoms in total. The van der Waals surface area contributed by atoms with Crippen molar-refractivity contribution >= 4 is 11.4 Å². The van der Waals surface area contributed by atoms with Crippen LogP contribution in [0.3, 0.4) is 0 Å². The molecule has 7 heteroatoms. The van der Waals surface area contributed by atoms with Crippen LogP contribution in [0, 0.1) is 56.2 Å². The zero-order valence-corrected chi connectivity index (χ0v) is 12.8. The fraction of sp³-hybridized carbons (Fsp3) is 0.294. The molecule has 1 aromatic rings. The average Bonchev–Trinajstić information content (AvgIpc) is 2.88. The lowest BCUT2D eigenvalue weighted by Crippen LogP contribution is -2.41. The number of nitrogens with zero attached hydrogens (tertiary/aromatic N) is 7. The summed E-state index contributed by atoms with van der Waals surface area (Å²) >= 11 is 0. The van der Waals surface area contributed by atoms with Gasteiger partial charge in [0.25, 0.3) is 0 Å². The first-order chi connectivity index (χ1) is 11.6. The van der Waals surface area contributed by atoms with Crippen LogP contribution < -0.4 is 0 Å². The van der Waals surface area contributed by atoms with Crippen LogP contribution in [0.15, 0.2) is 40.4 Å². The van der Waals surface area contributed by atoms with Gasteiger partial charge in [0.1, 0.15) is 12.4 Å². The van der Waals surface area contributed by atoms with Crippen molar-refractivity contribution in [2.45, 2.75) is 5.92 Å². The molecular weight excluding hydrogens is 302 g/mol. The minimum Gasteiger partial charge on any atom is -0.278 e. The molecule has 0 saturated heterocycles. The number of nitriles is 4. The number of aliphatic imine (C=N–C) groups is 1. The normalized spacial score (nSPS) is 22.7. The number of hydrogen-bond acceptors (Lipinski definition) is 7. The molecule has 0 radical (unpaired) electrons. The molecule has 1 heterocycles. The second kappa shape index (κ2) is 5.20. The van der Waals surface area contributed by atoms with E-state index in [9.17, 15) is 21.0 Å². The van der Waals surface area contributed by atoms with Crippen molar-refractivity contribution < 1.29 is 0 Å². The standard InChI is InChI=1S/C17H11N7/c1-24-11-22-14-13(12-5-3-2-4-6-12)16(7-18,8-19)17(9-20,10-21)15(14)23-24/h2-6,13H,11H2,1H3. The molecule has 0 aromatic heterocycles. The highest BCUT2D eigenvalue weighted by molar-refractivity contribution is 6.50. The van der Waals surface area contributed by atoms with Crippen LogP contribution in [0.5, 0.6) is 0 Å². The summed E-state index contributed by atoms with van der Waals surface area (Å²) in [5.41, 5.74) is -2.79. The summed E-state index contributed by atoms with van der Waals surface area (Å²) in [7, 11) is 1.66. The summed E-state index contributed by atoms with van der Waals surface area (Å²) in [5, 5.41) is 45.0. The number of benzene rings is 1. The molecule has 1 saturated carbocycles. The van der Waals surface area contributed by atoms with E-state index in [4.69, 9.17) is 0 Å². The van der Waals surface area contributed by atoms with E-state index in [1.54, 1.807) is 31.3 Å². The molecule has 24 heavy (non-hydrogen) atoms. The van der Waals surface area contributed by atoms with E-state index in [2.05, 4.69) is 10.1 Å². The van der Waals surface area contributed by atoms with Crippen LogP contribution in [-0.4, -0.2) is 30.1 Å². The predicted molar refractivity (Wildman–Crippen MR) is 84.0 cm³/mol. The molecule has 3 rings (SSSR count). The van der Waals surface area contributed by atoms with Gasteiger partial charge in [-0.1, -0.05) is 30.3 Å². The van der Waals surface area contributed by atoms with E-state index in [0.29, 0.717) is 11.3 Å². The van der Waals surface area contributed by atoms with E-state index < -0.39 is 16.7 Å². The Labute approximate surface area is 139 Å². The van der Waals surface area contributed by atoms with Gasteiger partial charge in [-0.3, -0.25) is 10.0 Å². The highest BCUT2D eigenvalue weighted by atomic mass is 15.5. The van der Waals surface area contributed by atoms with Crippen molar-refractivity contribution in [3.63, 3.8) is 0 Å². The SMILES string of the molecule is CN1CN=C2C(=N1)C(C#N)(C#N)C(C#N)(C#N)C2c1ccccc1. The van der Waals surface area contributed by atoms with Gasteiger partial charge < -0.3 is 0 Å². The number of rotatable bonds is 1. The Kier molecular flexibility index (Phi) is 3.30. The molecular formula is C17H11N7. The fourth-order valence-electron chi connectivity index (χ4n) is 3.29. The molecule has 0 bridgehead atoms. The Morgan fingerprint density at radius 1 is 1.04 bits per heavy atom. The van der Waals surface area contributed by atoms with Gasteiger partial charge in [0.2, 0.25) is 5.41 Å². The Morgan fingerprint density at radius 2 is 1.67 bits per heavy atom. The molecule has 2 aliphatic rings. The smallest absolute Gasteiger partial charge is 0.221 e. The minimum absolute atomic E-state index is 0.0956. The number of hydrazone groups is 1. The van der Waals surface area contributed by atoms with Gasteiger partial charge in [-0.05, 0) is 5.56 Å². The summed E-state index contributed by atoms with van der Waals surface area (Å²) in [6.07, 6.45) is 0. The van der Waals surface area contributed by atoms with E-state index in [-0.39, 0.29) is 12.4 Å². The summed E-state index contributed by atoms with van der Waals surface area (Å²) in [6.45, 7) is 0.238. The predicted octanol–water partition coefficient (Wildman–Crippen LogP) is 1.55. The van der Waals surface area contributed by atoms with Crippen LogP contribution in [-0.2, 0) is 0 Å². The molecule has 0 N–H and O–H groups in total. The lowest BCUT2D eigenvalue weighted by molar-refractivity contribution is 0.355. The third-order valence-corrected chi connectivity index (χ3v) is 4.43. The second-order valence-corrected chi connectivity index (χ2v) is 5.64. The van der Waals surface area contributed by atoms with Crippen LogP contribution in [0.25, 0.3) is 0 Å². The summed E-state index contributed by atoms with van der Waals surface area (Å²) < 4.78 is 0. The third-order valence-electron chi connectivity index (χ3n) is 4.43. The van der Waals surface area contributed by atoms with E-state index >= 15 is 0 Å². The van der Waals surface area contributed by atoms with Gasteiger partial charge in [-0.25, -0.2) is 0 Å². The minimum atomic E-state index is -2.00. The van der Waals surface area contributed by atoms with Gasteiger partial charge in [-0.15, -0.1) is 0 Å². The first-order valence-electron chi connectivity index (χ1n) is 7.15. The Balaban J connectivity index is 2.41. The van der Waals surface area contributed by atoms with Crippen molar-refractivity contribution in [1.29, 1.82) is 21.0 Å². The van der Waals surface area contributed by atoms with Crippen molar-refractivity contribution in [3.8, 4) is 24.3 Å². The monoisotopic (exact) mass is 313 g/mol. The van der Waals surface area contributed by atoms with Crippen molar-refractivity contribution in [3.05, 3.63) is 35.9 Å².